The number of ether oxygens (including phenoxy) is 1. The monoisotopic (exact) mass is 361 g/mol. The van der Waals surface area contributed by atoms with Crippen LogP contribution in [0.4, 0.5) is 11.8 Å². The smallest absolute Gasteiger partial charge is 0.226 e. The Morgan fingerprint density at radius 1 is 1.19 bits per heavy atom. The number of anilines is 2. The highest BCUT2D eigenvalue weighted by Gasteiger charge is 2.15. The summed E-state index contributed by atoms with van der Waals surface area (Å²) in [5.41, 5.74) is 1.28. The van der Waals surface area contributed by atoms with Crippen molar-refractivity contribution in [1.29, 1.82) is 0 Å². The molecule has 0 aliphatic rings. The molecular weight excluding hydrogens is 342 g/mol. The van der Waals surface area contributed by atoms with Gasteiger partial charge in [-0.2, -0.15) is 9.97 Å². The molecule has 26 heavy (non-hydrogen) atoms. The van der Waals surface area contributed by atoms with E-state index in [2.05, 4.69) is 36.0 Å². The SMILES string of the molecule is COc1ccc(CNc2nc(NCC(C)O)nc3[nH]nnc23)c(O)c1O. The molecule has 11 nitrogen and oxygen atoms in total. The van der Waals surface area contributed by atoms with Crippen LogP contribution in [0.2, 0.25) is 0 Å². The molecule has 3 aromatic rings. The Morgan fingerprint density at radius 3 is 2.73 bits per heavy atom. The highest BCUT2D eigenvalue weighted by Crippen LogP contribution is 2.38. The lowest BCUT2D eigenvalue weighted by atomic mass is 10.1. The van der Waals surface area contributed by atoms with Crippen molar-refractivity contribution >= 4 is 22.9 Å². The van der Waals surface area contributed by atoms with Crippen LogP contribution in [0.15, 0.2) is 12.1 Å². The zero-order chi connectivity index (χ0) is 18.7. The summed E-state index contributed by atoms with van der Waals surface area (Å²) in [6, 6.07) is 3.17. The lowest BCUT2D eigenvalue weighted by molar-refractivity contribution is 0.208. The minimum Gasteiger partial charge on any atom is -0.504 e. The van der Waals surface area contributed by atoms with Crippen molar-refractivity contribution in [1.82, 2.24) is 25.4 Å². The standard InChI is InChI=1S/C15H19N7O4/c1-7(23)5-17-15-18-13(10-14(19-15)21-22-20-10)16-6-8-3-4-9(26-2)12(25)11(8)24/h3-4,7,23-25H,5-6H2,1-2H3,(H3,16,17,18,19,20,21,22). The fourth-order valence-electron chi connectivity index (χ4n) is 2.28. The highest BCUT2D eigenvalue weighted by molar-refractivity contribution is 5.83. The van der Waals surface area contributed by atoms with Gasteiger partial charge in [0.25, 0.3) is 0 Å². The fraction of sp³-hybridized carbons (Fsp3) is 0.333. The summed E-state index contributed by atoms with van der Waals surface area (Å²) in [5.74, 6) is 0.229. The van der Waals surface area contributed by atoms with Crippen molar-refractivity contribution < 1.29 is 20.1 Å². The van der Waals surface area contributed by atoms with Crippen molar-refractivity contribution in [3.05, 3.63) is 17.7 Å². The molecule has 3 rings (SSSR count). The molecule has 11 heteroatoms. The van der Waals surface area contributed by atoms with Gasteiger partial charge in [0, 0.05) is 18.7 Å². The topological polar surface area (TPSA) is 161 Å². The molecule has 1 atom stereocenters. The Bertz CT molecular complexity index is 912. The second-order valence-corrected chi connectivity index (χ2v) is 5.61. The predicted octanol–water partition coefficient (Wildman–Crippen LogP) is 0.572. The number of rotatable bonds is 7. The lowest BCUT2D eigenvalue weighted by Crippen LogP contribution is -2.17. The maximum Gasteiger partial charge on any atom is 0.226 e. The van der Waals surface area contributed by atoms with Crippen molar-refractivity contribution in [2.45, 2.75) is 19.6 Å². The highest BCUT2D eigenvalue weighted by atomic mass is 16.5. The molecule has 6 N–H and O–H groups in total. The number of aromatic hydroxyl groups is 2. The van der Waals surface area contributed by atoms with Gasteiger partial charge >= 0.3 is 0 Å². The summed E-state index contributed by atoms with van der Waals surface area (Å²) in [7, 11) is 1.40. The normalized spacial score (nSPS) is 12.1. The lowest BCUT2D eigenvalue weighted by Gasteiger charge is -2.12. The van der Waals surface area contributed by atoms with E-state index in [-0.39, 0.29) is 36.3 Å². The number of nitrogens with zero attached hydrogens (tertiary/aromatic N) is 4. The van der Waals surface area contributed by atoms with E-state index in [1.54, 1.807) is 19.1 Å². The number of nitrogens with one attached hydrogen (secondary N) is 3. The van der Waals surface area contributed by atoms with Gasteiger partial charge in [0.2, 0.25) is 11.7 Å². The van der Waals surface area contributed by atoms with Crippen LogP contribution in [0.3, 0.4) is 0 Å². The Balaban J connectivity index is 1.84. The Labute approximate surface area is 148 Å². The van der Waals surface area contributed by atoms with Crippen LogP contribution in [0.25, 0.3) is 11.2 Å². The first-order chi connectivity index (χ1) is 12.5. The summed E-state index contributed by atoms with van der Waals surface area (Å²) in [6.45, 7) is 2.08. The third-order valence-corrected chi connectivity index (χ3v) is 3.61. The first kappa shape index (κ1) is 17.5. The second-order valence-electron chi connectivity index (χ2n) is 5.61. The first-order valence-corrected chi connectivity index (χ1v) is 7.82. The average Bonchev–Trinajstić information content (AvgIpc) is 3.09. The number of aliphatic hydroxyl groups excluding tert-OH is 1. The van der Waals surface area contributed by atoms with Gasteiger partial charge in [-0.05, 0) is 19.1 Å². The molecule has 0 radical (unpaired) electrons. The van der Waals surface area contributed by atoms with Crippen LogP contribution in [-0.2, 0) is 6.54 Å². The van der Waals surface area contributed by atoms with Crippen LogP contribution in [-0.4, -0.2) is 60.5 Å². The number of aliphatic hydroxyl groups is 1. The van der Waals surface area contributed by atoms with Gasteiger partial charge in [0.15, 0.2) is 28.5 Å². The molecule has 0 bridgehead atoms. The molecule has 0 fully saturated rings. The summed E-state index contributed by atoms with van der Waals surface area (Å²) in [5, 5.41) is 45.6. The Morgan fingerprint density at radius 2 is 2.00 bits per heavy atom. The van der Waals surface area contributed by atoms with E-state index in [0.29, 0.717) is 22.5 Å². The largest absolute Gasteiger partial charge is 0.504 e. The molecule has 0 aliphatic heterocycles. The average molecular weight is 361 g/mol. The summed E-state index contributed by atoms with van der Waals surface area (Å²) in [6.07, 6.45) is -0.565. The number of H-pyrrole nitrogens is 1. The predicted molar refractivity (Wildman–Crippen MR) is 93.3 cm³/mol. The van der Waals surface area contributed by atoms with Gasteiger partial charge in [-0.15, -0.1) is 5.10 Å². The number of benzene rings is 1. The molecule has 1 unspecified atom stereocenters. The van der Waals surface area contributed by atoms with Crippen molar-refractivity contribution in [3.8, 4) is 17.2 Å². The number of hydrogen-bond donors (Lipinski definition) is 6. The molecule has 0 aliphatic carbocycles. The second kappa shape index (κ2) is 7.27. The maximum atomic E-state index is 10.1. The number of fused-ring (bicyclic) bond motifs is 1. The molecule has 0 amide bonds. The Kier molecular flexibility index (Phi) is 4.89. The van der Waals surface area contributed by atoms with Gasteiger partial charge in [-0.1, -0.05) is 5.21 Å². The quantitative estimate of drug-likeness (QED) is 0.328. The number of phenols is 2. The number of aromatic amines is 1. The van der Waals surface area contributed by atoms with Crippen LogP contribution < -0.4 is 15.4 Å². The summed E-state index contributed by atoms with van der Waals surface area (Å²) in [4.78, 5) is 8.53. The number of methoxy groups -OCH3 is 1. The van der Waals surface area contributed by atoms with E-state index in [0.717, 1.165) is 0 Å². The van der Waals surface area contributed by atoms with Crippen molar-refractivity contribution in [2.75, 3.05) is 24.3 Å². The Hall–Kier alpha value is -3.34. The molecule has 2 heterocycles. The van der Waals surface area contributed by atoms with E-state index >= 15 is 0 Å². The minimum absolute atomic E-state index is 0.165. The number of phenolic OH excluding ortho intramolecular Hbond substituents is 2. The van der Waals surface area contributed by atoms with Crippen molar-refractivity contribution in [2.24, 2.45) is 0 Å². The van der Waals surface area contributed by atoms with E-state index in [1.165, 1.54) is 7.11 Å². The van der Waals surface area contributed by atoms with E-state index in [9.17, 15) is 15.3 Å². The summed E-state index contributed by atoms with van der Waals surface area (Å²) >= 11 is 0. The van der Waals surface area contributed by atoms with Gasteiger partial charge in [-0.25, -0.2) is 5.10 Å². The van der Waals surface area contributed by atoms with Gasteiger partial charge in [0.05, 0.1) is 13.2 Å². The fourth-order valence-corrected chi connectivity index (χ4v) is 2.28. The molecule has 1 aromatic carbocycles. The maximum absolute atomic E-state index is 10.1. The third-order valence-electron chi connectivity index (χ3n) is 3.61. The molecule has 0 spiro atoms. The number of hydrogen-bond acceptors (Lipinski definition) is 10. The van der Waals surface area contributed by atoms with E-state index in [4.69, 9.17) is 4.74 Å². The third kappa shape index (κ3) is 3.52. The van der Waals surface area contributed by atoms with Crippen LogP contribution in [0.1, 0.15) is 12.5 Å². The van der Waals surface area contributed by atoms with E-state index in [1.807, 2.05) is 0 Å². The van der Waals surface area contributed by atoms with Crippen LogP contribution in [0, 0.1) is 0 Å². The molecular formula is C15H19N7O4. The van der Waals surface area contributed by atoms with Crippen molar-refractivity contribution in [3.63, 3.8) is 0 Å². The van der Waals surface area contributed by atoms with Gasteiger partial charge < -0.3 is 30.7 Å². The van der Waals surface area contributed by atoms with Crippen LogP contribution in [0.5, 0.6) is 17.2 Å². The zero-order valence-corrected chi connectivity index (χ0v) is 14.2. The molecule has 138 valence electrons. The van der Waals surface area contributed by atoms with E-state index < -0.39 is 6.10 Å². The molecule has 2 aromatic heterocycles. The minimum atomic E-state index is -0.565. The zero-order valence-electron chi connectivity index (χ0n) is 14.2. The first-order valence-electron chi connectivity index (χ1n) is 7.82. The number of aromatic nitrogens is 5. The van der Waals surface area contributed by atoms with Gasteiger partial charge in [0.1, 0.15) is 0 Å². The summed E-state index contributed by atoms with van der Waals surface area (Å²) < 4.78 is 4.95. The molecule has 0 saturated heterocycles. The van der Waals surface area contributed by atoms with Gasteiger partial charge in [-0.3, -0.25) is 0 Å². The van der Waals surface area contributed by atoms with Crippen LogP contribution >= 0.6 is 0 Å². The molecule has 0 saturated carbocycles.